The number of aromatic nitrogens is 1. The summed E-state index contributed by atoms with van der Waals surface area (Å²) in [5, 5.41) is 2.99. The topological polar surface area (TPSA) is 57.7 Å². The summed E-state index contributed by atoms with van der Waals surface area (Å²) in [6.45, 7) is 5.63. The number of carbonyl (C=O) groups excluding carboxylic acids is 1. The van der Waals surface area contributed by atoms with Gasteiger partial charge in [0.2, 0.25) is 0 Å². The minimum absolute atomic E-state index is 0.0352. The van der Waals surface area contributed by atoms with Gasteiger partial charge in [0.15, 0.2) is 0 Å². The number of piperazine rings is 1. The fourth-order valence-corrected chi connectivity index (χ4v) is 2.95. The van der Waals surface area contributed by atoms with Gasteiger partial charge in [-0.1, -0.05) is 6.07 Å². The number of ether oxygens (including phenoxy) is 1. The molecule has 1 aromatic heterocycles. The van der Waals surface area contributed by atoms with Crippen molar-refractivity contribution in [2.75, 3.05) is 39.3 Å². The van der Waals surface area contributed by atoms with Crippen molar-refractivity contribution in [3.05, 3.63) is 30.1 Å². The van der Waals surface area contributed by atoms with Gasteiger partial charge < -0.3 is 15.0 Å². The maximum Gasteiger partial charge on any atom is 0.317 e. The van der Waals surface area contributed by atoms with Crippen molar-refractivity contribution in [1.82, 2.24) is 20.1 Å². The molecule has 2 saturated heterocycles. The second kappa shape index (κ2) is 7.56. The first-order valence-corrected chi connectivity index (χ1v) is 8.08. The molecule has 2 fully saturated rings. The Morgan fingerprint density at radius 1 is 1.32 bits per heavy atom. The van der Waals surface area contributed by atoms with Crippen molar-refractivity contribution in [2.24, 2.45) is 0 Å². The molecule has 2 aliphatic rings. The van der Waals surface area contributed by atoms with Crippen LogP contribution in [0.5, 0.6) is 0 Å². The Balaban J connectivity index is 1.38. The molecule has 0 aliphatic carbocycles. The minimum atomic E-state index is 0.0352. The molecule has 3 rings (SSSR count). The zero-order chi connectivity index (χ0) is 15.2. The molecule has 0 aromatic carbocycles. The highest BCUT2D eigenvalue weighted by Gasteiger charge is 2.22. The van der Waals surface area contributed by atoms with Gasteiger partial charge in [-0.2, -0.15) is 0 Å². The van der Waals surface area contributed by atoms with Crippen LogP contribution >= 0.6 is 0 Å². The maximum absolute atomic E-state index is 12.1. The van der Waals surface area contributed by atoms with Crippen LogP contribution in [0, 0.1) is 0 Å². The molecule has 1 aromatic rings. The molecule has 0 saturated carbocycles. The lowest BCUT2D eigenvalue weighted by molar-refractivity contribution is 0.103. The average molecular weight is 304 g/mol. The molecule has 1 N–H and O–H groups in total. The Hall–Kier alpha value is -1.66. The van der Waals surface area contributed by atoms with Crippen LogP contribution in [0.15, 0.2) is 24.4 Å². The van der Waals surface area contributed by atoms with Crippen molar-refractivity contribution < 1.29 is 9.53 Å². The summed E-state index contributed by atoms with van der Waals surface area (Å²) in [6, 6.07) is 6.02. The summed E-state index contributed by atoms with van der Waals surface area (Å²) < 4.78 is 5.53. The van der Waals surface area contributed by atoms with Crippen LogP contribution in [0.1, 0.15) is 18.5 Å². The lowest BCUT2D eigenvalue weighted by Gasteiger charge is -2.34. The van der Waals surface area contributed by atoms with E-state index in [0.29, 0.717) is 6.54 Å². The second-order valence-electron chi connectivity index (χ2n) is 5.91. The number of hydrogen-bond donors (Lipinski definition) is 1. The molecular formula is C16H24N4O2. The third-order valence-corrected chi connectivity index (χ3v) is 4.28. The number of pyridine rings is 1. The molecule has 22 heavy (non-hydrogen) atoms. The number of nitrogens with one attached hydrogen (secondary N) is 1. The van der Waals surface area contributed by atoms with Gasteiger partial charge >= 0.3 is 6.03 Å². The fourth-order valence-electron chi connectivity index (χ4n) is 2.95. The molecule has 2 amide bonds. The first kappa shape index (κ1) is 15.2. The quantitative estimate of drug-likeness (QED) is 0.904. The van der Waals surface area contributed by atoms with Gasteiger partial charge in [-0.25, -0.2) is 4.79 Å². The number of urea groups is 1. The molecule has 120 valence electrons. The van der Waals surface area contributed by atoms with Crippen molar-refractivity contribution in [3.63, 3.8) is 0 Å². The van der Waals surface area contributed by atoms with Gasteiger partial charge in [0.05, 0.1) is 11.8 Å². The highest BCUT2D eigenvalue weighted by molar-refractivity contribution is 5.74. The number of nitrogens with zero attached hydrogens (tertiary/aromatic N) is 3. The van der Waals surface area contributed by atoms with Crippen molar-refractivity contribution >= 4 is 6.03 Å². The van der Waals surface area contributed by atoms with Crippen LogP contribution in [-0.4, -0.2) is 66.2 Å². The Kier molecular flexibility index (Phi) is 5.24. The Morgan fingerprint density at radius 3 is 2.86 bits per heavy atom. The summed E-state index contributed by atoms with van der Waals surface area (Å²) in [5.41, 5.74) is 1.08. The van der Waals surface area contributed by atoms with E-state index in [1.165, 1.54) is 0 Å². The van der Waals surface area contributed by atoms with Gasteiger partial charge in [0.25, 0.3) is 0 Å². The first-order chi connectivity index (χ1) is 10.8. The molecule has 2 aliphatic heterocycles. The number of amides is 2. The lowest BCUT2D eigenvalue weighted by Crippen LogP contribution is -2.52. The van der Waals surface area contributed by atoms with E-state index in [9.17, 15) is 4.79 Å². The second-order valence-corrected chi connectivity index (χ2v) is 5.91. The predicted octanol–water partition coefficient (Wildman–Crippen LogP) is 1.09. The normalized spacial score (nSPS) is 22.7. The molecule has 3 heterocycles. The van der Waals surface area contributed by atoms with Crippen LogP contribution in [0.4, 0.5) is 4.79 Å². The van der Waals surface area contributed by atoms with E-state index >= 15 is 0 Å². The molecule has 0 radical (unpaired) electrons. The Bertz CT molecular complexity index is 468. The van der Waals surface area contributed by atoms with Crippen LogP contribution < -0.4 is 5.32 Å². The van der Waals surface area contributed by atoms with E-state index in [4.69, 9.17) is 4.74 Å². The Labute approximate surface area is 131 Å². The van der Waals surface area contributed by atoms with Crippen LogP contribution in [0.2, 0.25) is 0 Å². The number of hydrogen-bond acceptors (Lipinski definition) is 4. The predicted molar refractivity (Wildman–Crippen MR) is 83.5 cm³/mol. The highest BCUT2D eigenvalue weighted by Crippen LogP contribution is 2.11. The van der Waals surface area contributed by atoms with E-state index < -0.39 is 0 Å². The zero-order valence-electron chi connectivity index (χ0n) is 12.9. The highest BCUT2D eigenvalue weighted by atomic mass is 16.5. The van der Waals surface area contributed by atoms with Gasteiger partial charge in [-0.3, -0.25) is 9.88 Å². The van der Waals surface area contributed by atoms with Crippen molar-refractivity contribution in [1.29, 1.82) is 0 Å². The summed E-state index contributed by atoms with van der Waals surface area (Å²) in [4.78, 5) is 20.7. The molecule has 1 unspecified atom stereocenters. The largest absolute Gasteiger partial charge is 0.376 e. The van der Waals surface area contributed by atoms with Crippen LogP contribution in [0.3, 0.4) is 0 Å². The standard InChI is InChI=1S/C16H24N4O2/c21-16(18-12-15-5-3-11-22-15)20-9-7-19(8-10-20)13-14-4-1-2-6-17-14/h1-2,4,6,15H,3,5,7-13H2,(H,18,21). The van der Waals surface area contributed by atoms with Crippen LogP contribution in [0.25, 0.3) is 0 Å². The molecule has 6 nitrogen and oxygen atoms in total. The zero-order valence-corrected chi connectivity index (χ0v) is 12.9. The summed E-state index contributed by atoms with van der Waals surface area (Å²) >= 11 is 0. The first-order valence-electron chi connectivity index (χ1n) is 8.08. The summed E-state index contributed by atoms with van der Waals surface area (Å²) in [5.74, 6) is 0. The van der Waals surface area contributed by atoms with Crippen molar-refractivity contribution in [2.45, 2.75) is 25.5 Å². The monoisotopic (exact) mass is 304 g/mol. The van der Waals surface area contributed by atoms with Crippen molar-refractivity contribution in [3.8, 4) is 0 Å². The fraction of sp³-hybridized carbons (Fsp3) is 0.625. The Morgan fingerprint density at radius 2 is 2.18 bits per heavy atom. The number of carbonyl (C=O) groups is 1. The third kappa shape index (κ3) is 4.18. The van der Waals surface area contributed by atoms with Gasteiger partial charge in [-0.05, 0) is 25.0 Å². The van der Waals surface area contributed by atoms with E-state index in [1.54, 1.807) is 0 Å². The van der Waals surface area contributed by atoms with E-state index in [2.05, 4.69) is 15.2 Å². The summed E-state index contributed by atoms with van der Waals surface area (Å²) in [6.07, 6.45) is 4.18. The average Bonchev–Trinajstić information content (AvgIpc) is 3.08. The lowest BCUT2D eigenvalue weighted by atomic mass is 10.2. The minimum Gasteiger partial charge on any atom is -0.376 e. The number of rotatable bonds is 4. The molecule has 0 bridgehead atoms. The van der Waals surface area contributed by atoms with E-state index in [-0.39, 0.29) is 12.1 Å². The molecular weight excluding hydrogens is 280 g/mol. The smallest absolute Gasteiger partial charge is 0.317 e. The molecule has 0 spiro atoms. The third-order valence-electron chi connectivity index (χ3n) is 4.28. The maximum atomic E-state index is 12.1. The molecule has 1 atom stereocenters. The van der Waals surface area contributed by atoms with Gasteiger partial charge in [-0.15, -0.1) is 0 Å². The summed E-state index contributed by atoms with van der Waals surface area (Å²) in [7, 11) is 0. The van der Waals surface area contributed by atoms with E-state index in [1.807, 2.05) is 29.3 Å². The van der Waals surface area contributed by atoms with Crippen LogP contribution in [-0.2, 0) is 11.3 Å². The van der Waals surface area contributed by atoms with Gasteiger partial charge in [0, 0.05) is 52.1 Å². The van der Waals surface area contributed by atoms with Gasteiger partial charge in [0.1, 0.15) is 0 Å². The molecule has 6 heteroatoms. The van der Waals surface area contributed by atoms with E-state index in [0.717, 1.165) is 57.9 Å². The SMILES string of the molecule is O=C(NCC1CCCO1)N1CCN(Cc2ccccn2)CC1.